The number of aryl methyl sites for hydroxylation is 1. The van der Waals surface area contributed by atoms with Gasteiger partial charge in [-0.1, -0.05) is 11.4 Å². The highest BCUT2D eigenvalue weighted by Crippen LogP contribution is 2.35. The predicted molar refractivity (Wildman–Crippen MR) is 55.8 cm³/mol. The molecule has 0 unspecified atom stereocenters. The number of aliphatic hydroxyl groups is 1. The molecule has 0 bridgehead atoms. The van der Waals surface area contributed by atoms with E-state index in [0.717, 1.165) is 30.1 Å². The van der Waals surface area contributed by atoms with E-state index < -0.39 is 0 Å². The lowest BCUT2D eigenvalue weighted by molar-refractivity contribution is 0.0910. The molecule has 0 atom stereocenters. The van der Waals surface area contributed by atoms with Crippen LogP contribution in [0.25, 0.3) is 0 Å². The minimum atomic E-state index is -0.369. The maximum Gasteiger partial charge on any atom is 0.265 e. The van der Waals surface area contributed by atoms with Crippen LogP contribution in [0, 0.1) is 0 Å². The normalized spacial score (nSPS) is 17.5. The van der Waals surface area contributed by atoms with Crippen LogP contribution in [0.3, 0.4) is 0 Å². The van der Waals surface area contributed by atoms with E-state index in [-0.39, 0.29) is 18.1 Å². The molecule has 1 aliphatic carbocycles. The molecular formula is C9H13N3O2S. The van der Waals surface area contributed by atoms with Crippen LogP contribution in [0.2, 0.25) is 0 Å². The van der Waals surface area contributed by atoms with Crippen molar-refractivity contribution < 1.29 is 9.90 Å². The zero-order valence-corrected chi connectivity index (χ0v) is 9.30. The van der Waals surface area contributed by atoms with Crippen molar-refractivity contribution in [1.29, 1.82) is 0 Å². The van der Waals surface area contributed by atoms with E-state index >= 15 is 0 Å². The lowest BCUT2D eigenvalue weighted by Crippen LogP contribution is -2.39. The Morgan fingerprint density at radius 2 is 2.40 bits per heavy atom. The molecule has 1 fully saturated rings. The van der Waals surface area contributed by atoms with E-state index in [4.69, 9.17) is 5.11 Å². The largest absolute Gasteiger partial charge is 0.394 e. The summed E-state index contributed by atoms with van der Waals surface area (Å²) in [4.78, 5) is 12.4. The van der Waals surface area contributed by atoms with Crippen LogP contribution in [-0.2, 0) is 6.42 Å². The number of aliphatic hydroxyl groups excluding tert-OH is 1. The van der Waals surface area contributed by atoms with Gasteiger partial charge in [0.05, 0.1) is 17.8 Å². The summed E-state index contributed by atoms with van der Waals surface area (Å²) >= 11 is 1.11. The molecule has 0 saturated heterocycles. The number of hydrogen-bond donors (Lipinski definition) is 2. The fourth-order valence-electron chi connectivity index (χ4n) is 1.38. The molecule has 1 aromatic rings. The molecule has 82 valence electrons. The van der Waals surface area contributed by atoms with Crippen LogP contribution >= 0.6 is 11.5 Å². The molecule has 1 aliphatic rings. The lowest BCUT2D eigenvalue weighted by Gasteiger charge is -2.13. The molecule has 0 aliphatic heterocycles. The Kier molecular flexibility index (Phi) is 2.70. The molecule has 2 rings (SSSR count). The number of hydrogen-bond acceptors (Lipinski definition) is 5. The Hall–Kier alpha value is -1.01. The van der Waals surface area contributed by atoms with Gasteiger partial charge in [-0.05, 0) is 30.8 Å². The standard InChI is InChI=1S/C9H13N3O2S/c1-2-6-7(15-12-11-6)8(14)10-9(5-13)3-4-9/h13H,2-5H2,1H3,(H,10,14). The van der Waals surface area contributed by atoms with Crippen molar-refractivity contribution in [3.05, 3.63) is 10.6 Å². The summed E-state index contributed by atoms with van der Waals surface area (Å²) in [6.45, 7) is 1.94. The van der Waals surface area contributed by atoms with Crippen molar-refractivity contribution in [2.75, 3.05) is 6.61 Å². The van der Waals surface area contributed by atoms with Crippen molar-refractivity contribution in [3.63, 3.8) is 0 Å². The number of aromatic nitrogens is 2. The molecule has 0 aromatic carbocycles. The molecule has 6 heteroatoms. The Morgan fingerprint density at radius 1 is 1.67 bits per heavy atom. The molecule has 1 saturated carbocycles. The van der Waals surface area contributed by atoms with Gasteiger partial charge in [-0.25, -0.2) is 0 Å². The van der Waals surface area contributed by atoms with Gasteiger partial charge in [0, 0.05) is 0 Å². The predicted octanol–water partition coefficient (Wildman–Crippen LogP) is 0.355. The lowest BCUT2D eigenvalue weighted by atomic mass is 10.2. The molecular weight excluding hydrogens is 214 g/mol. The van der Waals surface area contributed by atoms with E-state index in [0.29, 0.717) is 11.3 Å². The third kappa shape index (κ3) is 2.00. The van der Waals surface area contributed by atoms with Crippen molar-refractivity contribution in [2.24, 2.45) is 0 Å². The summed E-state index contributed by atoms with van der Waals surface area (Å²) < 4.78 is 3.76. The zero-order valence-electron chi connectivity index (χ0n) is 8.49. The summed E-state index contributed by atoms with van der Waals surface area (Å²) in [6.07, 6.45) is 2.40. The van der Waals surface area contributed by atoms with Gasteiger partial charge in [0.1, 0.15) is 4.88 Å². The highest BCUT2D eigenvalue weighted by Gasteiger charge is 2.44. The van der Waals surface area contributed by atoms with Crippen molar-refractivity contribution in [2.45, 2.75) is 31.7 Å². The van der Waals surface area contributed by atoms with Crippen LogP contribution in [0.4, 0.5) is 0 Å². The first kappa shape index (κ1) is 10.5. The van der Waals surface area contributed by atoms with E-state index in [2.05, 4.69) is 14.9 Å². The number of rotatable bonds is 4. The van der Waals surface area contributed by atoms with Crippen LogP contribution in [-0.4, -0.2) is 32.7 Å². The molecule has 2 N–H and O–H groups in total. The second kappa shape index (κ2) is 3.86. The Balaban J connectivity index is 2.08. The third-order valence-electron chi connectivity index (χ3n) is 2.63. The highest BCUT2D eigenvalue weighted by atomic mass is 32.1. The van der Waals surface area contributed by atoms with Gasteiger partial charge < -0.3 is 10.4 Å². The summed E-state index contributed by atoms with van der Waals surface area (Å²) in [5, 5.41) is 15.8. The third-order valence-corrected chi connectivity index (χ3v) is 3.40. The second-order valence-electron chi connectivity index (χ2n) is 3.79. The van der Waals surface area contributed by atoms with Crippen LogP contribution < -0.4 is 5.32 Å². The first-order chi connectivity index (χ1) is 7.21. The number of amides is 1. The van der Waals surface area contributed by atoms with Gasteiger partial charge in [-0.2, -0.15) is 0 Å². The van der Waals surface area contributed by atoms with Crippen molar-refractivity contribution in [3.8, 4) is 0 Å². The fourth-order valence-corrected chi connectivity index (χ4v) is 2.03. The minimum absolute atomic E-state index is 0.00638. The maximum atomic E-state index is 11.8. The topological polar surface area (TPSA) is 75.1 Å². The Labute approximate surface area is 91.7 Å². The fraction of sp³-hybridized carbons (Fsp3) is 0.667. The van der Waals surface area contributed by atoms with Crippen molar-refractivity contribution >= 4 is 17.4 Å². The summed E-state index contributed by atoms with van der Waals surface area (Å²) in [5.74, 6) is -0.159. The summed E-state index contributed by atoms with van der Waals surface area (Å²) in [7, 11) is 0. The molecule has 1 amide bonds. The van der Waals surface area contributed by atoms with Gasteiger partial charge >= 0.3 is 0 Å². The number of carbonyl (C=O) groups is 1. The van der Waals surface area contributed by atoms with Gasteiger partial charge in [0.2, 0.25) is 0 Å². The molecule has 1 heterocycles. The number of carbonyl (C=O) groups excluding carboxylic acids is 1. The average Bonchev–Trinajstić information content (AvgIpc) is 2.85. The van der Waals surface area contributed by atoms with E-state index in [9.17, 15) is 4.79 Å². The average molecular weight is 227 g/mol. The molecule has 0 radical (unpaired) electrons. The van der Waals surface area contributed by atoms with Crippen molar-refractivity contribution in [1.82, 2.24) is 14.9 Å². The van der Waals surface area contributed by atoms with E-state index in [1.54, 1.807) is 0 Å². The summed E-state index contributed by atoms with van der Waals surface area (Å²) in [6, 6.07) is 0. The van der Waals surface area contributed by atoms with E-state index in [1.807, 2.05) is 6.92 Å². The molecule has 1 aromatic heterocycles. The van der Waals surface area contributed by atoms with Crippen LogP contribution in [0.5, 0.6) is 0 Å². The zero-order chi connectivity index (χ0) is 10.9. The van der Waals surface area contributed by atoms with E-state index in [1.165, 1.54) is 0 Å². The Bertz CT molecular complexity index is 373. The van der Waals surface area contributed by atoms with Crippen LogP contribution in [0.15, 0.2) is 0 Å². The SMILES string of the molecule is CCc1nnsc1C(=O)NC1(CO)CC1. The number of nitrogens with one attached hydrogen (secondary N) is 1. The maximum absolute atomic E-state index is 11.8. The molecule has 0 spiro atoms. The monoisotopic (exact) mass is 227 g/mol. The highest BCUT2D eigenvalue weighted by molar-refractivity contribution is 7.08. The second-order valence-corrected chi connectivity index (χ2v) is 4.55. The minimum Gasteiger partial charge on any atom is -0.394 e. The van der Waals surface area contributed by atoms with Gasteiger partial charge in [-0.3, -0.25) is 4.79 Å². The quantitative estimate of drug-likeness (QED) is 0.778. The smallest absolute Gasteiger partial charge is 0.265 e. The Morgan fingerprint density at radius 3 is 2.93 bits per heavy atom. The van der Waals surface area contributed by atoms with Crippen LogP contribution in [0.1, 0.15) is 35.1 Å². The number of nitrogens with zero attached hydrogens (tertiary/aromatic N) is 2. The molecule has 5 nitrogen and oxygen atoms in total. The molecule has 15 heavy (non-hydrogen) atoms. The van der Waals surface area contributed by atoms with Gasteiger partial charge in [0.15, 0.2) is 0 Å². The summed E-state index contributed by atoms with van der Waals surface area (Å²) in [5.41, 5.74) is 0.359. The first-order valence-corrected chi connectivity index (χ1v) is 5.73. The van der Waals surface area contributed by atoms with Gasteiger partial charge in [0.25, 0.3) is 5.91 Å². The van der Waals surface area contributed by atoms with Gasteiger partial charge in [-0.15, -0.1) is 5.10 Å². The first-order valence-electron chi connectivity index (χ1n) is 4.95.